The summed E-state index contributed by atoms with van der Waals surface area (Å²) in [5.74, 6) is 2.98. The molecule has 1 N–H and O–H groups in total. The predicted molar refractivity (Wildman–Crippen MR) is 112 cm³/mol. The van der Waals surface area contributed by atoms with Crippen LogP contribution in [0.25, 0.3) is 0 Å². The zero-order chi connectivity index (χ0) is 20.4. The highest BCUT2D eigenvalue weighted by Crippen LogP contribution is 2.26. The first kappa shape index (κ1) is 19.9. The number of rotatable bonds is 6. The Morgan fingerprint density at radius 3 is 2.72 bits per heavy atom. The van der Waals surface area contributed by atoms with Crippen molar-refractivity contribution in [2.75, 3.05) is 38.5 Å². The van der Waals surface area contributed by atoms with E-state index in [0.717, 1.165) is 81.2 Å². The molecule has 0 spiro atoms. The van der Waals surface area contributed by atoms with Gasteiger partial charge in [-0.15, -0.1) is 0 Å². The number of aromatic nitrogens is 2. The highest BCUT2D eigenvalue weighted by Gasteiger charge is 2.29. The predicted octanol–water partition coefficient (Wildman–Crippen LogP) is 3.21. The van der Waals surface area contributed by atoms with Gasteiger partial charge in [-0.1, -0.05) is 6.92 Å². The lowest BCUT2D eigenvalue weighted by Crippen LogP contribution is -2.36. The summed E-state index contributed by atoms with van der Waals surface area (Å²) >= 11 is 0. The molecule has 0 saturated carbocycles. The molecule has 29 heavy (non-hydrogen) atoms. The maximum absolute atomic E-state index is 13.1. The quantitative estimate of drug-likeness (QED) is 0.807. The van der Waals surface area contributed by atoms with E-state index in [-0.39, 0.29) is 5.91 Å². The van der Waals surface area contributed by atoms with Gasteiger partial charge in [0.05, 0.1) is 5.69 Å². The Morgan fingerprint density at radius 2 is 2.03 bits per heavy atom. The number of fused-ring (bicyclic) bond motifs is 1. The smallest absolute Gasteiger partial charge is 0.273 e. The molecule has 0 aromatic carbocycles. The Hall–Kier alpha value is -2.41. The number of carbonyl (C=O) groups is 1. The molecular formula is C22H31N5O2. The summed E-state index contributed by atoms with van der Waals surface area (Å²) in [6.45, 7) is 8.50. The van der Waals surface area contributed by atoms with Crippen molar-refractivity contribution in [3.8, 4) is 0 Å². The number of amides is 1. The number of hydrogen-bond acceptors (Lipinski definition) is 6. The second-order valence-corrected chi connectivity index (χ2v) is 8.23. The van der Waals surface area contributed by atoms with Crippen LogP contribution >= 0.6 is 0 Å². The van der Waals surface area contributed by atoms with E-state index in [1.807, 2.05) is 17.9 Å². The molecule has 2 aliphatic heterocycles. The zero-order valence-electron chi connectivity index (χ0n) is 17.7. The molecule has 0 bridgehead atoms. The summed E-state index contributed by atoms with van der Waals surface area (Å²) in [5, 5.41) is 3.02. The Morgan fingerprint density at radius 1 is 1.24 bits per heavy atom. The van der Waals surface area contributed by atoms with Crippen LogP contribution in [0.4, 0.5) is 5.95 Å². The van der Waals surface area contributed by atoms with Crippen LogP contribution in [0.15, 0.2) is 16.5 Å². The average molecular weight is 398 g/mol. The van der Waals surface area contributed by atoms with Crippen molar-refractivity contribution in [3.05, 3.63) is 40.6 Å². The van der Waals surface area contributed by atoms with E-state index in [4.69, 9.17) is 4.42 Å². The van der Waals surface area contributed by atoms with Crippen molar-refractivity contribution in [3.63, 3.8) is 0 Å². The van der Waals surface area contributed by atoms with Crippen LogP contribution in [0.3, 0.4) is 0 Å². The van der Waals surface area contributed by atoms with Crippen LogP contribution in [-0.2, 0) is 13.0 Å². The third kappa shape index (κ3) is 4.29. The second-order valence-electron chi connectivity index (χ2n) is 8.23. The van der Waals surface area contributed by atoms with E-state index in [0.29, 0.717) is 17.6 Å². The first-order valence-corrected chi connectivity index (χ1v) is 10.7. The Balaban J connectivity index is 1.49. The fourth-order valence-electron chi connectivity index (χ4n) is 4.26. The van der Waals surface area contributed by atoms with Crippen LogP contribution in [0.5, 0.6) is 0 Å². The fraction of sp³-hybridized carbons (Fsp3) is 0.591. The van der Waals surface area contributed by atoms with Crippen LogP contribution in [0, 0.1) is 6.92 Å². The number of anilines is 1. The highest BCUT2D eigenvalue weighted by atomic mass is 16.3. The zero-order valence-corrected chi connectivity index (χ0v) is 17.7. The first-order chi connectivity index (χ1) is 14.0. The van der Waals surface area contributed by atoms with Crippen LogP contribution in [0.1, 0.15) is 65.4 Å². The van der Waals surface area contributed by atoms with Crippen molar-refractivity contribution >= 4 is 11.9 Å². The second kappa shape index (κ2) is 8.53. The standard InChI is InChI=1S/C22H31N5O2/c1-15(19-7-6-16(2)29-19)8-12-26-13-9-18-17(14-26)20(25-22(23-3)24-18)21(28)27-10-4-5-11-27/h6-7,15H,4-5,8-14H2,1-3H3,(H,23,24,25)/t15-/m1/s1. The van der Waals surface area contributed by atoms with Crippen molar-refractivity contribution in [2.45, 2.75) is 52.0 Å². The van der Waals surface area contributed by atoms with Gasteiger partial charge in [0, 0.05) is 51.1 Å². The van der Waals surface area contributed by atoms with Gasteiger partial charge in [-0.2, -0.15) is 0 Å². The van der Waals surface area contributed by atoms with E-state index < -0.39 is 0 Å². The molecule has 1 saturated heterocycles. The minimum atomic E-state index is 0.0546. The largest absolute Gasteiger partial charge is 0.466 e. The molecule has 0 aliphatic carbocycles. The number of hydrogen-bond donors (Lipinski definition) is 1. The maximum atomic E-state index is 13.1. The van der Waals surface area contributed by atoms with E-state index >= 15 is 0 Å². The van der Waals surface area contributed by atoms with Crippen molar-refractivity contribution in [1.82, 2.24) is 19.8 Å². The lowest BCUT2D eigenvalue weighted by molar-refractivity contribution is 0.0783. The lowest BCUT2D eigenvalue weighted by Gasteiger charge is -2.30. The van der Waals surface area contributed by atoms with Gasteiger partial charge in [0.15, 0.2) is 0 Å². The van der Waals surface area contributed by atoms with Crippen molar-refractivity contribution in [2.24, 2.45) is 0 Å². The Bertz CT molecular complexity index is 872. The van der Waals surface area contributed by atoms with Gasteiger partial charge in [-0.05, 0) is 44.9 Å². The monoisotopic (exact) mass is 397 g/mol. The van der Waals surface area contributed by atoms with Crippen molar-refractivity contribution < 1.29 is 9.21 Å². The SMILES string of the molecule is CNc1nc2c(c(C(=O)N3CCCC3)n1)CN(CC[C@@H](C)c1ccc(C)o1)CC2. The van der Waals surface area contributed by atoms with Gasteiger partial charge in [-0.25, -0.2) is 9.97 Å². The van der Waals surface area contributed by atoms with E-state index in [9.17, 15) is 4.79 Å². The lowest BCUT2D eigenvalue weighted by atomic mass is 10.0. The van der Waals surface area contributed by atoms with Gasteiger partial charge >= 0.3 is 0 Å². The molecule has 4 heterocycles. The Kier molecular flexibility index (Phi) is 5.85. The summed E-state index contributed by atoms with van der Waals surface area (Å²) in [4.78, 5) is 26.7. The van der Waals surface area contributed by atoms with Crippen molar-refractivity contribution in [1.29, 1.82) is 0 Å². The number of nitrogens with zero attached hydrogens (tertiary/aromatic N) is 4. The van der Waals surface area contributed by atoms with Gasteiger partial charge in [-0.3, -0.25) is 9.69 Å². The molecule has 2 aromatic heterocycles. The molecule has 4 rings (SSSR count). The summed E-state index contributed by atoms with van der Waals surface area (Å²) in [7, 11) is 1.80. The summed E-state index contributed by atoms with van der Waals surface area (Å²) in [5.41, 5.74) is 2.60. The molecule has 7 heteroatoms. The van der Waals surface area contributed by atoms with Gasteiger partial charge < -0.3 is 14.6 Å². The number of carbonyl (C=O) groups excluding carboxylic acids is 1. The van der Waals surface area contributed by atoms with E-state index in [1.165, 1.54) is 0 Å². The van der Waals surface area contributed by atoms with E-state index in [2.05, 4.69) is 33.2 Å². The third-order valence-corrected chi connectivity index (χ3v) is 6.08. The molecule has 1 fully saturated rings. The fourth-order valence-corrected chi connectivity index (χ4v) is 4.26. The molecule has 156 valence electrons. The molecular weight excluding hydrogens is 366 g/mol. The van der Waals surface area contributed by atoms with Crippen LogP contribution in [0.2, 0.25) is 0 Å². The van der Waals surface area contributed by atoms with Gasteiger partial charge in [0.25, 0.3) is 5.91 Å². The number of likely N-dealkylation sites (tertiary alicyclic amines) is 1. The normalized spacial score (nSPS) is 18.0. The molecule has 2 aromatic rings. The maximum Gasteiger partial charge on any atom is 0.273 e. The molecule has 1 atom stereocenters. The third-order valence-electron chi connectivity index (χ3n) is 6.08. The van der Waals surface area contributed by atoms with E-state index in [1.54, 1.807) is 7.05 Å². The molecule has 2 aliphatic rings. The minimum absolute atomic E-state index is 0.0546. The minimum Gasteiger partial charge on any atom is -0.466 e. The number of furan rings is 1. The summed E-state index contributed by atoms with van der Waals surface area (Å²) in [6, 6.07) is 4.10. The molecule has 0 radical (unpaired) electrons. The number of aryl methyl sites for hydroxylation is 1. The molecule has 1 amide bonds. The molecule has 0 unspecified atom stereocenters. The Labute approximate surface area is 172 Å². The highest BCUT2D eigenvalue weighted by molar-refractivity contribution is 5.94. The summed E-state index contributed by atoms with van der Waals surface area (Å²) in [6.07, 6.45) is 4.02. The topological polar surface area (TPSA) is 74.5 Å². The van der Waals surface area contributed by atoms with Gasteiger partial charge in [0.1, 0.15) is 17.2 Å². The first-order valence-electron chi connectivity index (χ1n) is 10.7. The summed E-state index contributed by atoms with van der Waals surface area (Å²) < 4.78 is 5.78. The van der Waals surface area contributed by atoms with Gasteiger partial charge in [0.2, 0.25) is 5.95 Å². The number of nitrogens with one attached hydrogen (secondary N) is 1. The average Bonchev–Trinajstić information content (AvgIpc) is 3.42. The van der Waals surface area contributed by atoms with Crippen LogP contribution < -0.4 is 5.32 Å². The van der Waals surface area contributed by atoms with Crippen LogP contribution in [-0.4, -0.2) is 58.9 Å². The molecule has 7 nitrogen and oxygen atoms in total.